The van der Waals surface area contributed by atoms with Gasteiger partial charge in [-0.05, 0) is 18.2 Å². The van der Waals surface area contributed by atoms with E-state index in [4.69, 9.17) is 21.4 Å². The Morgan fingerprint density at radius 1 is 1.55 bits per heavy atom. The zero-order valence-corrected chi connectivity index (χ0v) is 11.5. The van der Waals surface area contributed by atoms with E-state index in [0.717, 1.165) is 0 Å². The molecule has 2 aromatic rings. The smallest absolute Gasteiger partial charge is 0.246 e. The maximum atomic E-state index is 11.8. The number of carbonyl (C=O) groups excluding carboxylic acids is 1. The molecule has 0 fully saturated rings. The average molecular weight is 297 g/mol. The summed E-state index contributed by atoms with van der Waals surface area (Å²) in [6.45, 7) is -0.216. The van der Waals surface area contributed by atoms with Gasteiger partial charge in [-0.3, -0.25) is 4.79 Å². The molecule has 1 aromatic heterocycles. The number of hydrogen-bond donors (Lipinski definition) is 2. The second kappa shape index (κ2) is 6.36. The predicted molar refractivity (Wildman–Crippen MR) is 72.6 cm³/mol. The molecule has 0 spiro atoms. The molecule has 106 valence electrons. The number of nitrogens with zero attached hydrogens (tertiary/aromatic N) is 3. The highest BCUT2D eigenvalue weighted by Crippen LogP contribution is 2.27. The van der Waals surface area contributed by atoms with E-state index in [1.807, 2.05) is 0 Å². The van der Waals surface area contributed by atoms with Crippen LogP contribution in [0, 0.1) is 0 Å². The van der Waals surface area contributed by atoms with Crippen LogP contribution in [0.2, 0.25) is 5.02 Å². The van der Waals surface area contributed by atoms with E-state index < -0.39 is 0 Å². The molecule has 8 heteroatoms. The zero-order valence-electron chi connectivity index (χ0n) is 10.7. The van der Waals surface area contributed by atoms with Gasteiger partial charge in [0.2, 0.25) is 5.91 Å². The lowest BCUT2D eigenvalue weighted by atomic mass is 10.3. The molecule has 2 N–H and O–H groups in total. The van der Waals surface area contributed by atoms with Crippen molar-refractivity contribution in [3.8, 4) is 5.75 Å². The second-order valence-corrected chi connectivity index (χ2v) is 4.37. The minimum absolute atomic E-state index is 0.00333. The molecule has 0 saturated carbocycles. The van der Waals surface area contributed by atoms with Crippen molar-refractivity contribution < 1.29 is 14.6 Å². The van der Waals surface area contributed by atoms with Crippen molar-refractivity contribution in [1.82, 2.24) is 15.0 Å². The second-order valence-electron chi connectivity index (χ2n) is 3.96. The molecule has 0 saturated heterocycles. The van der Waals surface area contributed by atoms with Gasteiger partial charge in [0.15, 0.2) is 0 Å². The molecule has 2 rings (SSSR count). The lowest BCUT2D eigenvalue weighted by molar-refractivity contribution is -0.116. The Hall–Kier alpha value is -2.12. The number of benzene rings is 1. The first-order chi connectivity index (χ1) is 9.62. The third-order valence-electron chi connectivity index (χ3n) is 2.49. The molecule has 0 aliphatic heterocycles. The van der Waals surface area contributed by atoms with Crippen LogP contribution in [0.3, 0.4) is 0 Å². The van der Waals surface area contributed by atoms with Crippen LogP contribution >= 0.6 is 11.6 Å². The van der Waals surface area contributed by atoms with Crippen molar-refractivity contribution in [3.63, 3.8) is 0 Å². The van der Waals surface area contributed by atoms with Crippen LogP contribution in [0.25, 0.3) is 0 Å². The van der Waals surface area contributed by atoms with Gasteiger partial charge in [0.25, 0.3) is 0 Å². The summed E-state index contributed by atoms with van der Waals surface area (Å²) >= 11 is 5.96. The molecule has 0 unspecified atom stereocenters. The van der Waals surface area contributed by atoms with Crippen LogP contribution in [0.1, 0.15) is 5.69 Å². The van der Waals surface area contributed by atoms with Gasteiger partial charge >= 0.3 is 0 Å². The van der Waals surface area contributed by atoms with Crippen LogP contribution < -0.4 is 10.1 Å². The fraction of sp³-hybridized carbons (Fsp3) is 0.250. The summed E-state index contributed by atoms with van der Waals surface area (Å²) in [5.41, 5.74) is 0.966. The van der Waals surface area contributed by atoms with Crippen molar-refractivity contribution in [2.45, 2.75) is 13.2 Å². The molecule has 0 aliphatic carbocycles. The molecule has 0 bridgehead atoms. The number of rotatable bonds is 5. The largest absolute Gasteiger partial charge is 0.495 e. The summed E-state index contributed by atoms with van der Waals surface area (Å²) in [7, 11) is 1.52. The Morgan fingerprint density at radius 2 is 2.35 bits per heavy atom. The maximum Gasteiger partial charge on any atom is 0.246 e. The fourth-order valence-electron chi connectivity index (χ4n) is 1.58. The van der Waals surface area contributed by atoms with E-state index in [-0.39, 0.29) is 19.1 Å². The van der Waals surface area contributed by atoms with Crippen molar-refractivity contribution in [2.24, 2.45) is 0 Å². The molecule has 1 heterocycles. The highest BCUT2D eigenvalue weighted by atomic mass is 35.5. The van der Waals surface area contributed by atoms with Gasteiger partial charge in [-0.15, -0.1) is 5.10 Å². The summed E-state index contributed by atoms with van der Waals surface area (Å²) in [4.78, 5) is 11.8. The summed E-state index contributed by atoms with van der Waals surface area (Å²) in [6.07, 6.45) is 1.50. The number of halogens is 1. The van der Waals surface area contributed by atoms with Crippen molar-refractivity contribution >= 4 is 23.2 Å². The first kappa shape index (κ1) is 14.3. The molecule has 7 nitrogen and oxygen atoms in total. The number of amides is 1. The molecule has 0 atom stereocenters. The number of ether oxygens (including phenoxy) is 1. The lowest BCUT2D eigenvalue weighted by Crippen LogP contribution is -2.19. The van der Waals surface area contributed by atoms with Crippen molar-refractivity contribution in [3.05, 3.63) is 35.1 Å². The standard InChI is InChI=1S/C12H13ClN4O3/c1-20-11-3-2-8(4-10(11)13)14-12(19)6-17-5-9(7-18)15-16-17/h2-5,18H,6-7H2,1H3,(H,14,19). The Morgan fingerprint density at radius 3 is 2.95 bits per heavy atom. The van der Waals surface area contributed by atoms with Gasteiger partial charge in [0, 0.05) is 5.69 Å². The topological polar surface area (TPSA) is 89.3 Å². The fourth-order valence-corrected chi connectivity index (χ4v) is 1.84. The van der Waals surface area contributed by atoms with Crippen LogP contribution in [0.4, 0.5) is 5.69 Å². The molecular weight excluding hydrogens is 284 g/mol. The van der Waals surface area contributed by atoms with E-state index in [9.17, 15) is 4.79 Å². The highest BCUT2D eigenvalue weighted by molar-refractivity contribution is 6.32. The first-order valence-electron chi connectivity index (χ1n) is 5.75. The third kappa shape index (κ3) is 3.46. The van der Waals surface area contributed by atoms with Gasteiger partial charge in [-0.25, -0.2) is 4.68 Å². The van der Waals surface area contributed by atoms with E-state index in [0.29, 0.717) is 22.2 Å². The Kier molecular flexibility index (Phi) is 4.54. The first-order valence-corrected chi connectivity index (χ1v) is 6.13. The quantitative estimate of drug-likeness (QED) is 0.861. The third-order valence-corrected chi connectivity index (χ3v) is 2.78. The van der Waals surface area contributed by atoms with Crippen LogP contribution in [-0.4, -0.2) is 33.1 Å². The van der Waals surface area contributed by atoms with E-state index in [1.54, 1.807) is 18.2 Å². The van der Waals surface area contributed by atoms with Crippen LogP contribution in [0.5, 0.6) is 5.75 Å². The van der Waals surface area contributed by atoms with Crippen molar-refractivity contribution in [1.29, 1.82) is 0 Å². The van der Waals surface area contributed by atoms with E-state index >= 15 is 0 Å². The normalized spacial score (nSPS) is 10.3. The number of aromatic nitrogens is 3. The van der Waals surface area contributed by atoms with Gasteiger partial charge in [-0.1, -0.05) is 16.8 Å². The predicted octanol–water partition coefficient (Wildman–Crippen LogP) is 1.07. The summed E-state index contributed by atoms with van der Waals surface area (Å²) in [5, 5.41) is 19.3. The van der Waals surface area contributed by atoms with Crippen LogP contribution in [0.15, 0.2) is 24.4 Å². The monoisotopic (exact) mass is 296 g/mol. The number of hydrogen-bond acceptors (Lipinski definition) is 5. The number of nitrogens with one attached hydrogen (secondary N) is 1. The van der Waals surface area contributed by atoms with Crippen LogP contribution in [-0.2, 0) is 17.9 Å². The number of carbonyl (C=O) groups is 1. The summed E-state index contributed by atoms with van der Waals surface area (Å²) in [6, 6.07) is 4.94. The Bertz CT molecular complexity index is 614. The molecular formula is C12H13ClN4O3. The lowest BCUT2D eigenvalue weighted by Gasteiger charge is -2.07. The summed E-state index contributed by atoms with van der Waals surface area (Å²) in [5.74, 6) is 0.258. The minimum atomic E-state index is -0.277. The number of anilines is 1. The molecule has 20 heavy (non-hydrogen) atoms. The molecule has 1 aromatic carbocycles. The molecule has 1 amide bonds. The summed E-state index contributed by atoms with van der Waals surface area (Å²) < 4.78 is 6.36. The van der Waals surface area contributed by atoms with Crippen molar-refractivity contribution in [2.75, 3.05) is 12.4 Å². The Balaban J connectivity index is 1.99. The average Bonchev–Trinajstić information content (AvgIpc) is 2.86. The van der Waals surface area contributed by atoms with E-state index in [2.05, 4.69) is 15.6 Å². The molecule has 0 radical (unpaired) electrons. The van der Waals surface area contributed by atoms with Gasteiger partial charge in [0.1, 0.15) is 18.0 Å². The SMILES string of the molecule is COc1ccc(NC(=O)Cn2cc(CO)nn2)cc1Cl. The van der Waals surface area contributed by atoms with Gasteiger partial charge in [-0.2, -0.15) is 0 Å². The highest BCUT2D eigenvalue weighted by Gasteiger charge is 2.08. The maximum absolute atomic E-state index is 11.8. The van der Waals surface area contributed by atoms with Gasteiger partial charge < -0.3 is 15.2 Å². The molecule has 0 aliphatic rings. The minimum Gasteiger partial charge on any atom is -0.495 e. The number of aliphatic hydroxyl groups is 1. The number of aliphatic hydroxyl groups excluding tert-OH is 1. The van der Waals surface area contributed by atoms with E-state index in [1.165, 1.54) is 18.0 Å². The van der Waals surface area contributed by atoms with Gasteiger partial charge in [0.05, 0.1) is 24.9 Å². The number of methoxy groups -OCH3 is 1. The zero-order chi connectivity index (χ0) is 14.5. The Labute approximate surface area is 120 Å².